The summed E-state index contributed by atoms with van der Waals surface area (Å²) in [7, 11) is 0. The van der Waals surface area contributed by atoms with Crippen molar-refractivity contribution in [1.29, 1.82) is 21.0 Å². The summed E-state index contributed by atoms with van der Waals surface area (Å²) in [4.78, 5) is 0. The summed E-state index contributed by atoms with van der Waals surface area (Å²) in [5, 5.41) is 39.9. The Morgan fingerprint density at radius 2 is 1.24 bits per heavy atom. The van der Waals surface area contributed by atoms with Gasteiger partial charge in [-0.2, -0.15) is 21.0 Å². The third-order valence-corrected chi connectivity index (χ3v) is 9.16. The fraction of sp³-hybridized carbons (Fsp3) is 0.515. The van der Waals surface area contributed by atoms with Gasteiger partial charge in [0.15, 0.2) is 0 Å². The molecule has 0 heterocycles. The molecule has 0 unspecified atom stereocenters. The molecule has 0 aliphatic heterocycles. The number of nitriles is 4. The van der Waals surface area contributed by atoms with Crippen LogP contribution in [-0.4, -0.2) is 6.61 Å². The van der Waals surface area contributed by atoms with E-state index in [1.54, 1.807) is 6.07 Å². The fourth-order valence-electron chi connectivity index (χ4n) is 6.90. The van der Waals surface area contributed by atoms with E-state index < -0.39 is 0 Å². The molecular weight excluding hydrogens is 468 g/mol. The van der Waals surface area contributed by atoms with E-state index in [0.717, 1.165) is 48.8 Å². The smallest absolute Gasteiger partial charge is 0.138 e. The van der Waals surface area contributed by atoms with E-state index in [4.69, 9.17) is 4.74 Å². The van der Waals surface area contributed by atoms with E-state index in [1.807, 2.05) is 12.1 Å². The van der Waals surface area contributed by atoms with Gasteiger partial charge in [-0.3, -0.25) is 0 Å². The first-order valence-corrected chi connectivity index (χ1v) is 14.1. The first-order chi connectivity index (χ1) is 18.5. The Balaban J connectivity index is 1.60. The zero-order valence-corrected chi connectivity index (χ0v) is 22.7. The molecule has 0 atom stereocenters. The van der Waals surface area contributed by atoms with Crippen LogP contribution in [0.15, 0.2) is 24.3 Å². The van der Waals surface area contributed by atoms with Crippen molar-refractivity contribution >= 4 is 0 Å². The summed E-state index contributed by atoms with van der Waals surface area (Å²) in [5.74, 6) is 0.442. The Morgan fingerprint density at radius 1 is 0.684 bits per heavy atom. The van der Waals surface area contributed by atoms with Crippen LogP contribution in [0.4, 0.5) is 0 Å². The molecule has 0 amide bonds. The number of rotatable bonds is 10. The predicted octanol–water partition coefficient (Wildman–Crippen LogP) is 7.53. The second-order valence-electron chi connectivity index (χ2n) is 11.2. The van der Waals surface area contributed by atoms with E-state index in [2.05, 4.69) is 44.2 Å². The lowest BCUT2D eigenvalue weighted by molar-refractivity contribution is 0.0319. The molecule has 3 saturated carbocycles. The average Bonchev–Trinajstić information content (AvgIpc) is 2.96. The van der Waals surface area contributed by atoms with Crippen LogP contribution in [0, 0.1) is 50.7 Å². The van der Waals surface area contributed by atoms with Gasteiger partial charge in [-0.1, -0.05) is 44.9 Å². The normalized spacial score (nSPS) is 21.6. The van der Waals surface area contributed by atoms with Gasteiger partial charge < -0.3 is 4.74 Å². The number of hydrogen-bond acceptors (Lipinski definition) is 5. The molecule has 0 spiro atoms. The third-order valence-electron chi connectivity index (χ3n) is 9.16. The number of unbranched alkanes of at least 4 members (excludes halogenated alkanes) is 1. The van der Waals surface area contributed by atoms with Crippen LogP contribution in [0.5, 0.6) is 5.75 Å². The van der Waals surface area contributed by atoms with Gasteiger partial charge >= 0.3 is 0 Å². The van der Waals surface area contributed by atoms with Crippen molar-refractivity contribution in [1.82, 2.24) is 0 Å². The van der Waals surface area contributed by atoms with Crippen molar-refractivity contribution in [3.63, 3.8) is 0 Å². The molecule has 3 aliphatic carbocycles. The van der Waals surface area contributed by atoms with Gasteiger partial charge in [-0.25, -0.2) is 0 Å². The number of benzene rings is 2. The molecule has 0 N–H and O–H groups in total. The van der Waals surface area contributed by atoms with Gasteiger partial charge in [0.2, 0.25) is 0 Å². The lowest BCUT2D eigenvalue weighted by Gasteiger charge is -2.54. The second kappa shape index (κ2) is 11.7. The first kappa shape index (κ1) is 27.2. The molecule has 194 valence electrons. The highest BCUT2D eigenvalue weighted by Crippen LogP contribution is 2.60. The van der Waals surface area contributed by atoms with Gasteiger partial charge in [-0.05, 0) is 97.8 Å². The largest absolute Gasteiger partial charge is 0.492 e. The summed E-state index contributed by atoms with van der Waals surface area (Å²) in [6.45, 7) is 4.85. The van der Waals surface area contributed by atoms with Crippen molar-refractivity contribution in [3.05, 3.63) is 63.2 Å². The maximum atomic E-state index is 10.2. The van der Waals surface area contributed by atoms with Crippen molar-refractivity contribution in [2.75, 3.05) is 6.61 Å². The molecule has 0 radical (unpaired) electrons. The summed E-state index contributed by atoms with van der Waals surface area (Å²) >= 11 is 0. The van der Waals surface area contributed by atoms with E-state index >= 15 is 0 Å². The number of fused-ring (bicyclic) bond motifs is 3. The maximum absolute atomic E-state index is 10.2. The first-order valence-electron chi connectivity index (χ1n) is 14.1. The summed E-state index contributed by atoms with van der Waals surface area (Å²) in [5.41, 5.74) is 4.72. The Labute approximate surface area is 227 Å². The van der Waals surface area contributed by atoms with Gasteiger partial charge in [0, 0.05) is 0 Å². The summed E-state index contributed by atoms with van der Waals surface area (Å²) < 4.78 is 5.76. The third kappa shape index (κ3) is 5.00. The highest BCUT2D eigenvalue weighted by atomic mass is 16.5. The van der Waals surface area contributed by atoms with E-state index in [-0.39, 0.29) is 11.0 Å². The molecule has 3 aliphatic rings. The van der Waals surface area contributed by atoms with Crippen LogP contribution in [0.25, 0.3) is 0 Å². The second-order valence-corrected chi connectivity index (χ2v) is 11.2. The standard InChI is InChI=1S/C33H36N4O/c1-3-5-19-38-31-11-9-25(27(21-35)29(31)23-37)7-6-24-8-10-30(28(22-36)26(24)20-34)33-16-13-32(12-4-2,14-17-33)15-18-33/h8-11H,3-7,12-19H2,1-2H3. The molecule has 2 aromatic carbocycles. The molecule has 5 heteroatoms. The molecular formula is C33H36N4O. The SMILES string of the molecule is CCCCOc1ccc(CCc2ccc(C34CCC(CCC)(CC3)CC4)c(C#N)c2C#N)c(C#N)c1C#N. The fourth-order valence-corrected chi connectivity index (χ4v) is 6.90. The highest BCUT2D eigenvalue weighted by molar-refractivity contribution is 5.59. The topological polar surface area (TPSA) is 104 Å². The van der Waals surface area contributed by atoms with Crippen LogP contribution >= 0.6 is 0 Å². The summed E-state index contributed by atoms with van der Waals surface area (Å²) in [6, 6.07) is 16.8. The number of ether oxygens (including phenoxy) is 1. The minimum absolute atomic E-state index is 0.00790. The molecule has 0 aromatic heterocycles. The van der Waals surface area contributed by atoms with Crippen LogP contribution < -0.4 is 4.74 Å². The minimum Gasteiger partial charge on any atom is -0.492 e. The monoisotopic (exact) mass is 504 g/mol. The zero-order chi connectivity index (χ0) is 27.2. The molecule has 5 nitrogen and oxygen atoms in total. The van der Waals surface area contributed by atoms with Crippen LogP contribution in [-0.2, 0) is 18.3 Å². The lowest BCUT2D eigenvalue weighted by Crippen LogP contribution is -2.44. The highest BCUT2D eigenvalue weighted by Gasteiger charge is 2.49. The minimum atomic E-state index is 0.00790. The maximum Gasteiger partial charge on any atom is 0.138 e. The van der Waals surface area contributed by atoms with E-state index in [1.165, 1.54) is 32.1 Å². The molecule has 2 bridgehead atoms. The van der Waals surface area contributed by atoms with Crippen LogP contribution in [0.2, 0.25) is 0 Å². The Hall–Kier alpha value is -3.80. The van der Waals surface area contributed by atoms with Gasteiger partial charge in [0.25, 0.3) is 0 Å². The quantitative estimate of drug-likeness (QED) is 0.311. The molecule has 2 aromatic rings. The Kier molecular flexibility index (Phi) is 8.40. The van der Waals surface area contributed by atoms with Crippen molar-refractivity contribution in [3.8, 4) is 30.0 Å². The van der Waals surface area contributed by atoms with Crippen molar-refractivity contribution in [2.45, 2.75) is 96.3 Å². The average molecular weight is 505 g/mol. The lowest BCUT2D eigenvalue weighted by atomic mass is 9.50. The van der Waals surface area contributed by atoms with Crippen LogP contribution in [0.3, 0.4) is 0 Å². The molecule has 0 saturated heterocycles. The zero-order valence-electron chi connectivity index (χ0n) is 22.7. The van der Waals surface area contributed by atoms with E-state index in [0.29, 0.717) is 47.3 Å². The Bertz CT molecular complexity index is 1340. The van der Waals surface area contributed by atoms with Crippen LogP contribution in [0.1, 0.15) is 117 Å². The molecule has 5 rings (SSSR count). The molecule has 3 fully saturated rings. The Morgan fingerprint density at radius 3 is 1.76 bits per heavy atom. The van der Waals surface area contributed by atoms with Crippen molar-refractivity contribution < 1.29 is 4.74 Å². The van der Waals surface area contributed by atoms with Gasteiger partial charge in [0.05, 0.1) is 23.3 Å². The number of aryl methyl sites for hydroxylation is 2. The van der Waals surface area contributed by atoms with E-state index in [9.17, 15) is 21.0 Å². The number of hydrogen-bond donors (Lipinski definition) is 0. The predicted molar refractivity (Wildman–Crippen MR) is 146 cm³/mol. The molecule has 38 heavy (non-hydrogen) atoms. The van der Waals surface area contributed by atoms with Crippen molar-refractivity contribution in [2.24, 2.45) is 5.41 Å². The summed E-state index contributed by atoms with van der Waals surface area (Å²) in [6.07, 6.45) is 12.3. The van der Waals surface area contributed by atoms with Gasteiger partial charge in [0.1, 0.15) is 35.6 Å². The van der Waals surface area contributed by atoms with Gasteiger partial charge in [-0.15, -0.1) is 0 Å². The number of nitrogens with zero attached hydrogens (tertiary/aromatic N) is 4.